The van der Waals surface area contributed by atoms with E-state index in [9.17, 15) is 4.79 Å². The summed E-state index contributed by atoms with van der Waals surface area (Å²) in [4.78, 5) is 18.5. The molecule has 0 aliphatic carbocycles. The van der Waals surface area contributed by atoms with Crippen molar-refractivity contribution in [1.29, 1.82) is 0 Å². The summed E-state index contributed by atoms with van der Waals surface area (Å²) in [6, 6.07) is 12.8. The Morgan fingerprint density at radius 1 is 1.22 bits per heavy atom. The van der Waals surface area contributed by atoms with Gasteiger partial charge in [0.15, 0.2) is 5.60 Å². The average Bonchev–Trinajstić information content (AvgIpc) is 2.55. The molecule has 0 atom stereocenters. The Morgan fingerprint density at radius 3 is 2.52 bits per heavy atom. The second-order valence-electron chi connectivity index (χ2n) is 5.86. The topological polar surface area (TPSA) is 42.4 Å². The van der Waals surface area contributed by atoms with Crippen molar-refractivity contribution in [3.8, 4) is 5.75 Å². The van der Waals surface area contributed by atoms with Crippen molar-refractivity contribution in [3.63, 3.8) is 0 Å². The number of carbonyl (C=O) groups excluding carboxylic acids is 1. The van der Waals surface area contributed by atoms with Gasteiger partial charge in [-0.25, -0.2) is 0 Å². The molecule has 1 heterocycles. The number of hydrogen-bond acceptors (Lipinski definition) is 3. The second kappa shape index (κ2) is 7.47. The van der Waals surface area contributed by atoms with Crippen molar-refractivity contribution >= 4 is 17.5 Å². The van der Waals surface area contributed by atoms with E-state index in [-0.39, 0.29) is 5.91 Å². The van der Waals surface area contributed by atoms with Gasteiger partial charge in [0, 0.05) is 36.9 Å². The quantitative estimate of drug-likeness (QED) is 0.811. The van der Waals surface area contributed by atoms with Gasteiger partial charge in [-0.3, -0.25) is 9.78 Å². The second-order valence-corrected chi connectivity index (χ2v) is 6.30. The van der Waals surface area contributed by atoms with E-state index in [0.29, 0.717) is 23.7 Å². The van der Waals surface area contributed by atoms with Crippen molar-refractivity contribution in [1.82, 2.24) is 9.88 Å². The molecule has 0 aliphatic rings. The lowest BCUT2D eigenvalue weighted by molar-refractivity contribution is -0.144. The Labute approximate surface area is 142 Å². The number of aromatic nitrogens is 1. The highest BCUT2D eigenvalue weighted by Crippen LogP contribution is 2.22. The summed E-state index contributed by atoms with van der Waals surface area (Å²) in [5.74, 6) is 0.536. The zero-order valence-corrected chi connectivity index (χ0v) is 14.4. The highest BCUT2D eigenvalue weighted by Gasteiger charge is 2.32. The molecular formula is C18H21ClN2O2. The molecular weight excluding hydrogens is 312 g/mol. The molecule has 122 valence electrons. The van der Waals surface area contributed by atoms with Crippen molar-refractivity contribution in [3.05, 3.63) is 59.4 Å². The number of pyridine rings is 1. The van der Waals surface area contributed by atoms with Crippen LogP contribution in [0.3, 0.4) is 0 Å². The molecule has 1 amide bonds. The lowest BCUT2D eigenvalue weighted by atomic mass is 10.1. The summed E-state index contributed by atoms with van der Waals surface area (Å²) in [6.07, 6.45) is 2.46. The van der Waals surface area contributed by atoms with Gasteiger partial charge in [-0.05, 0) is 50.2 Å². The SMILES string of the molecule is CN(CCc1ccccn1)C(=O)C(C)(C)Oc1ccc(Cl)cc1. The van der Waals surface area contributed by atoms with Crippen LogP contribution < -0.4 is 4.74 Å². The zero-order valence-electron chi connectivity index (χ0n) is 13.6. The average molecular weight is 333 g/mol. The van der Waals surface area contributed by atoms with Crippen LogP contribution in [-0.4, -0.2) is 35.0 Å². The van der Waals surface area contributed by atoms with E-state index >= 15 is 0 Å². The fraction of sp³-hybridized carbons (Fsp3) is 0.333. The standard InChI is InChI=1S/C18H21ClN2O2/c1-18(2,23-16-9-7-14(19)8-10-16)17(22)21(3)13-11-15-6-4-5-12-20-15/h4-10,12H,11,13H2,1-3H3. The minimum Gasteiger partial charge on any atom is -0.478 e. The number of nitrogens with zero attached hydrogens (tertiary/aromatic N) is 2. The first-order chi connectivity index (χ1) is 10.9. The van der Waals surface area contributed by atoms with E-state index < -0.39 is 5.60 Å². The molecule has 0 unspecified atom stereocenters. The van der Waals surface area contributed by atoms with Gasteiger partial charge in [-0.15, -0.1) is 0 Å². The maximum Gasteiger partial charge on any atom is 0.265 e. The van der Waals surface area contributed by atoms with Crippen molar-refractivity contribution in [2.75, 3.05) is 13.6 Å². The van der Waals surface area contributed by atoms with Crippen LogP contribution in [-0.2, 0) is 11.2 Å². The Bertz CT molecular complexity index is 642. The third kappa shape index (κ3) is 4.96. The van der Waals surface area contributed by atoms with Gasteiger partial charge in [0.2, 0.25) is 0 Å². The third-order valence-corrected chi connectivity index (χ3v) is 3.73. The highest BCUT2D eigenvalue weighted by atomic mass is 35.5. The van der Waals surface area contributed by atoms with Crippen molar-refractivity contribution in [2.45, 2.75) is 25.9 Å². The number of carbonyl (C=O) groups is 1. The van der Waals surface area contributed by atoms with E-state index in [4.69, 9.17) is 16.3 Å². The first-order valence-electron chi connectivity index (χ1n) is 7.48. The lowest BCUT2D eigenvalue weighted by Crippen LogP contribution is -2.47. The van der Waals surface area contributed by atoms with Crippen LogP contribution in [0, 0.1) is 0 Å². The summed E-state index contributed by atoms with van der Waals surface area (Å²) >= 11 is 5.86. The van der Waals surface area contributed by atoms with Crippen LogP contribution in [0.2, 0.25) is 5.02 Å². The molecule has 0 fully saturated rings. The molecule has 0 saturated heterocycles. The first kappa shape index (κ1) is 17.3. The van der Waals surface area contributed by atoms with Gasteiger partial charge in [0.25, 0.3) is 5.91 Å². The zero-order chi connectivity index (χ0) is 16.9. The van der Waals surface area contributed by atoms with Gasteiger partial charge in [-0.2, -0.15) is 0 Å². The summed E-state index contributed by atoms with van der Waals surface area (Å²) in [6.45, 7) is 4.12. The Balaban J connectivity index is 1.95. The van der Waals surface area contributed by atoms with E-state index in [1.807, 2.05) is 18.2 Å². The minimum absolute atomic E-state index is 0.0802. The molecule has 0 saturated carbocycles. The maximum atomic E-state index is 12.6. The van der Waals surface area contributed by atoms with Crippen LogP contribution in [0.4, 0.5) is 0 Å². The largest absolute Gasteiger partial charge is 0.478 e. The van der Waals surface area contributed by atoms with E-state index in [1.165, 1.54) is 0 Å². The van der Waals surface area contributed by atoms with Crippen LogP contribution in [0.25, 0.3) is 0 Å². The third-order valence-electron chi connectivity index (χ3n) is 3.48. The number of rotatable bonds is 6. The predicted molar refractivity (Wildman–Crippen MR) is 91.7 cm³/mol. The highest BCUT2D eigenvalue weighted by molar-refractivity contribution is 6.30. The molecule has 0 N–H and O–H groups in total. The van der Waals surface area contributed by atoms with E-state index in [2.05, 4.69) is 4.98 Å². The fourth-order valence-corrected chi connectivity index (χ4v) is 2.36. The Hall–Kier alpha value is -2.07. The molecule has 1 aromatic heterocycles. The van der Waals surface area contributed by atoms with Crippen molar-refractivity contribution < 1.29 is 9.53 Å². The number of benzene rings is 1. The van der Waals surface area contributed by atoms with Gasteiger partial charge in [0.05, 0.1) is 0 Å². The van der Waals surface area contributed by atoms with Crippen LogP contribution >= 0.6 is 11.6 Å². The van der Waals surface area contributed by atoms with Gasteiger partial charge >= 0.3 is 0 Å². The predicted octanol–water partition coefficient (Wildman–Crippen LogP) is 3.59. The first-order valence-corrected chi connectivity index (χ1v) is 7.86. The number of amides is 1. The minimum atomic E-state index is -0.952. The molecule has 0 aliphatic heterocycles. The molecule has 1 aromatic carbocycles. The normalized spacial score (nSPS) is 11.1. The van der Waals surface area contributed by atoms with Crippen LogP contribution in [0.1, 0.15) is 19.5 Å². The molecule has 0 spiro atoms. The molecule has 0 radical (unpaired) electrons. The lowest BCUT2D eigenvalue weighted by Gasteiger charge is -2.30. The number of hydrogen-bond donors (Lipinski definition) is 0. The number of halogens is 1. The summed E-state index contributed by atoms with van der Waals surface area (Å²) in [5.41, 5.74) is 0.00995. The number of ether oxygens (including phenoxy) is 1. The van der Waals surface area contributed by atoms with Gasteiger partial charge in [-0.1, -0.05) is 17.7 Å². The fourth-order valence-electron chi connectivity index (χ4n) is 2.23. The molecule has 2 aromatic rings. The Kier molecular flexibility index (Phi) is 5.61. The Morgan fingerprint density at radius 2 is 1.91 bits per heavy atom. The molecule has 23 heavy (non-hydrogen) atoms. The van der Waals surface area contributed by atoms with Crippen LogP contribution in [0.15, 0.2) is 48.7 Å². The van der Waals surface area contributed by atoms with Gasteiger partial charge in [0.1, 0.15) is 5.75 Å². The monoisotopic (exact) mass is 332 g/mol. The van der Waals surface area contributed by atoms with Crippen LogP contribution in [0.5, 0.6) is 5.75 Å². The molecule has 2 rings (SSSR count). The summed E-state index contributed by atoms with van der Waals surface area (Å²) < 4.78 is 5.83. The summed E-state index contributed by atoms with van der Waals surface area (Å²) in [5, 5.41) is 0.633. The van der Waals surface area contributed by atoms with Crippen molar-refractivity contribution in [2.24, 2.45) is 0 Å². The molecule has 5 heteroatoms. The summed E-state index contributed by atoms with van der Waals surface area (Å²) in [7, 11) is 1.78. The maximum absolute atomic E-state index is 12.6. The molecule has 4 nitrogen and oxygen atoms in total. The molecule has 0 bridgehead atoms. The van der Waals surface area contributed by atoms with E-state index in [1.54, 1.807) is 56.3 Å². The van der Waals surface area contributed by atoms with E-state index in [0.717, 1.165) is 5.69 Å². The van der Waals surface area contributed by atoms with Gasteiger partial charge < -0.3 is 9.64 Å². The number of likely N-dealkylation sites (N-methyl/N-ethyl adjacent to an activating group) is 1. The smallest absolute Gasteiger partial charge is 0.265 e.